The van der Waals surface area contributed by atoms with Gasteiger partial charge in [0.15, 0.2) is 5.13 Å². The van der Waals surface area contributed by atoms with Crippen LogP contribution in [0.2, 0.25) is 0 Å². The summed E-state index contributed by atoms with van der Waals surface area (Å²) in [4.78, 5) is 31.4. The second-order valence-electron chi connectivity index (χ2n) is 7.49. The van der Waals surface area contributed by atoms with Gasteiger partial charge in [0.2, 0.25) is 0 Å². The van der Waals surface area contributed by atoms with Crippen molar-refractivity contribution in [2.75, 3.05) is 4.90 Å². The summed E-state index contributed by atoms with van der Waals surface area (Å²) >= 11 is 1.20. The number of hydrogen-bond donors (Lipinski definition) is 1. The van der Waals surface area contributed by atoms with Gasteiger partial charge in [-0.1, -0.05) is 12.1 Å². The molecule has 2 aliphatic rings. The van der Waals surface area contributed by atoms with Crippen molar-refractivity contribution in [1.29, 1.82) is 0 Å². The molecule has 5 rings (SSSR count). The third-order valence-corrected chi connectivity index (χ3v) is 6.20. The SMILES string of the molecule is C[C@H]1Cc2cc(C(O)=C3C(=O)C(=O)N(c4nccs4)[C@H]3c3ccc(F)cc3)ccc2O1. The highest BCUT2D eigenvalue weighted by Crippen LogP contribution is 2.43. The van der Waals surface area contributed by atoms with Crippen LogP contribution in [0.1, 0.15) is 29.7 Å². The maximum Gasteiger partial charge on any atom is 0.301 e. The average molecular weight is 436 g/mol. The number of aliphatic hydroxyl groups excluding tert-OH is 1. The number of halogens is 1. The first-order chi connectivity index (χ1) is 14.9. The fourth-order valence-corrected chi connectivity index (χ4v) is 4.72. The molecule has 8 heteroatoms. The Morgan fingerprint density at radius 3 is 2.71 bits per heavy atom. The van der Waals surface area contributed by atoms with Gasteiger partial charge >= 0.3 is 5.91 Å². The van der Waals surface area contributed by atoms with E-state index in [-0.39, 0.29) is 17.4 Å². The van der Waals surface area contributed by atoms with Gasteiger partial charge in [0.25, 0.3) is 5.78 Å². The molecule has 156 valence electrons. The van der Waals surface area contributed by atoms with Gasteiger partial charge in [-0.05, 0) is 48.4 Å². The molecule has 2 aliphatic heterocycles. The standard InChI is InChI=1S/C23H17FN2O4S/c1-12-10-15-11-14(4-7-17(15)30-12)20(27)18-19(13-2-5-16(24)6-3-13)26(22(29)21(18)28)23-25-8-9-31-23/h2-9,11-12,19,27H,10H2,1H3/t12-,19-/m0/s1. The lowest BCUT2D eigenvalue weighted by Gasteiger charge is -2.23. The Morgan fingerprint density at radius 2 is 2.00 bits per heavy atom. The van der Waals surface area contributed by atoms with Crippen LogP contribution in [-0.4, -0.2) is 27.9 Å². The topological polar surface area (TPSA) is 79.7 Å². The number of aliphatic hydroxyl groups is 1. The van der Waals surface area contributed by atoms with Gasteiger partial charge in [-0.2, -0.15) is 0 Å². The molecule has 0 radical (unpaired) electrons. The fraction of sp³-hybridized carbons (Fsp3) is 0.174. The molecule has 6 nitrogen and oxygen atoms in total. The summed E-state index contributed by atoms with van der Waals surface area (Å²) in [6.07, 6.45) is 2.25. The van der Waals surface area contributed by atoms with Gasteiger partial charge in [-0.3, -0.25) is 14.5 Å². The molecule has 1 aromatic heterocycles. The van der Waals surface area contributed by atoms with Crippen LogP contribution in [0.3, 0.4) is 0 Å². The molecule has 0 unspecified atom stereocenters. The van der Waals surface area contributed by atoms with E-state index in [4.69, 9.17) is 4.74 Å². The zero-order valence-corrected chi connectivity index (χ0v) is 17.2. The molecular formula is C23H17FN2O4S. The van der Waals surface area contributed by atoms with Crippen LogP contribution >= 0.6 is 11.3 Å². The van der Waals surface area contributed by atoms with Crippen molar-refractivity contribution in [3.63, 3.8) is 0 Å². The van der Waals surface area contributed by atoms with E-state index in [0.29, 0.717) is 22.7 Å². The number of carbonyl (C=O) groups excluding carboxylic acids is 2. The molecule has 1 fully saturated rings. The van der Waals surface area contributed by atoms with Crippen LogP contribution in [0.5, 0.6) is 5.75 Å². The Labute approximate surface area is 181 Å². The molecule has 1 N–H and O–H groups in total. The Balaban J connectivity index is 1.68. The maximum absolute atomic E-state index is 13.5. The van der Waals surface area contributed by atoms with E-state index in [0.717, 1.165) is 11.3 Å². The number of nitrogens with zero attached hydrogens (tertiary/aromatic N) is 2. The zero-order valence-electron chi connectivity index (χ0n) is 16.4. The Kier molecular flexibility index (Phi) is 4.59. The first-order valence-electron chi connectivity index (χ1n) is 9.70. The van der Waals surface area contributed by atoms with Gasteiger partial charge in [-0.15, -0.1) is 11.3 Å². The molecule has 2 aromatic carbocycles. The summed E-state index contributed by atoms with van der Waals surface area (Å²) in [6.45, 7) is 1.95. The number of anilines is 1. The summed E-state index contributed by atoms with van der Waals surface area (Å²) in [5.74, 6) is -1.59. The molecule has 3 aromatic rings. The van der Waals surface area contributed by atoms with Crippen molar-refractivity contribution in [3.05, 3.63) is 82.1 Å². The van der Waals surface area contributed by atoms with Gasteiger partial charge in [0, 0.05) is 23.6 Å². The average Bonchev–Trinajstić information content (AvgIpc) is 3.46. The van der Waals surface area contributed by atoms with Crippen LogP contribution < -0.4 is 9.64 Å². The number of hydrogen-bond acceptors (Lipinski definition) is 6. The normalized spacial score (nSPS) is 21.9. The third kappa shape index (κ3) is 3.19. The Morgan fingerprint density at radius 1 is 1.23 bits per heavy atom. The third-order valence-electron chi connectivity index (χ3n) is 5.42. The summed E-state index contributed by atoms with van der Waals surface area (Å²) in [6, 6.07) is 9.76. The van der Waals surface area contributed by atoms with Crippen molar-refractivity contribution in [3.8, 4) is 5.75 Å². The number of aromatic nitrogens is 1. The molecule has 1 amide bonds. The highest BCUT2D eigenvalue weighted by Gasteiger charge is 2.48. The second-order valence-corrected chi connectivity index (χ2v) is 8.36. The van der Waals surface area contributed by atoms with Crippen molar-refractivity contribution in [2.24, 2.45) is 0 Å². The Hall–Kier alpha value is -3.52. The van der Waals surface area contributed by atoms with Crippen LogP contribution in [0.25, 0.3) is 5.76 Å². The summed E-state index contributed by atoms with van der Waals surface area (Å²) in [7, 11) is 0. The van der Waals surface area contributed by atoms with Gasteiger partial charge in [0.05, 0.1) is 11.6 Å². The van der Waals surface area contributed by atoms with E-state index in [1.807, 2.05) is 6.92 Å². The molecule has 31 heavy (non-hydrogen) atoms. The van der Waals surface area contributed by atoms with Crippen LogP contribution in [0, 0.1) is 5.82 Å². The zero-order chi connectivity index (χ0) is 21.7. The van der Waals surface area contributed by atoms with E-state index in [1.165, 1.54) is 46.7 Å². The minimum Gasteiger partial charge on any atom is -0.507 e. The molecule has 0 spiro atoms. The quantitative estimate of drug-likeness (QED) is 0.378. The van der Waals surface area contributed by atoms with E-state index in [2.05, 4.69) is 4.98 Å². The summed E-state index contributed by atoms with van der Waals surface area (Å²) < 4.78 is 19.2. The highest BCUT2D eigenvalue weighted by molar-refractivity contribution is 7.14. The monoisotopic (exact) mass is 436 g/mol. The minimum absolute atomic E-state index is 0.0297. The largest absolute Gasteiger partial charge is 0.507 e. The van der Waals surface area contributed by atoms with Crippen LogP contribution in [-0.2, 0) is 16.0 Å². The molecule has 3 heterocycles. The molecule has 1 saturated heterocycles. The fourth-order valence-electron chi connectivity index (χ4n) is 4.05. The van der Waals surface area contributed by atoms with Crippen molar-refractivity contribution >= 4 is 33.9 Å². The lowest BCUT2D eigenvalue weighted by Crippen LogP contribution is -2.29. The maximum atomic E-state index is 13.5. The van der Waals surface area contributed by atoms with E-state index >= 15 is 0 Å². The number of carbonyl (C=O) groups is 2. The lowest BCUT2D eigenvalue weighted by atomic mass is 9.94. The molecule has 0 aliphatic carbocycles. The number of amides is 1. The summed E-state index contributed by atoms with van der Waals surface area (Å²) in [5, 5.41) is 13.2. The smallest absolute Gasteiger partial charge is 0.301 e. The predicted molar refractivity (Wildman–Crippen MR) is 114 cm³/mol. The van der Waals surface area contributed by atoms with Crippen LogP contribution in [0.15, 0.2) is 59.6 Å². The van der Waals surface area contributed by atoms with E-state index < -0.39 is 23.5 Å². The van der Waals surface area contributed by atoms with Gasteiger partial charge < -0.3 is 9.84 Å². The van der Waals surface area contributed by atoms with Crippen molar-refractivity contribution < 1.29 is 23.8 Å². The number of Topliss-reactive ketones (excluding diaryl/α,β-unsaturated/α-hetero) is 1. The number of thiazole rings is 1. The second kappa shape index (κ2) is 7.31. The van der Waals surface area contributed by atoms with Crippen molar-refractivity contribution in [2.45, 2.75) is 25.5 Å². The number of rotatable bonds is 3. The molecular weight excluding hydrogens is 419 g/mol. The molecule has 0 saturated carbocycles. The number of ketones is 1. The van der Waals surface area contributed by atoms with Crippen LogP contribution in [0.4, 0.5) is 9.52 Å². The van der Waals surface area contributed by atoms with Gasteiger partial charge in [0.1, 0.15) is 23.4 Å². The predicted octanol–water partition coefficient (Wildman–Crippen LogP) is 4.23. The molecule has 2 atom stereocenters. The van der Waals surface area contributed by atoms with Crippen molar-refractivity contribution in [1.82, 2.24) is 4.98 Å². The lowest BCUT2D eigenvalue weighted by molar-refractivity contribution is -0.132. The van der Waals surface area contributed by atoms with E-state index in [9.17, 15) is 19.1 Å². The summed E-state index contributed by atoms with van der Waals surface area (Å²) in [5.41, 5.74) is 1.78. The van der Waals surface area contributed by atoms with Gasteiger partial charge in [-0.25, -0.2) is 9.37 Å². The minimum atomic E-state index is -0.921. The Bertz CT molecular complexity index is 1220. The first-order valence-corrected chi connectivity index (χ1v) is 10.6. The molecule has 0 bridgehead atoms. The first kappa shape index (κ1) is 19.4. The highest BCUT2D eigenvalue weighted by atomic mass is 32.1. The number of benzene rings is 2. The van der Waals surface area contributed by atoms with E-state index in [1.54, 1.807) is 23.6 Å². The number of fused-ring (bicyclic) bond motifs is 1. The number of ether oxygens (including phenoxy) is 1.